The van der Waals surface area contributed by atoms with Gasteiger partial charge in [0, 0.05) is 0 Å². The standard InChI is InChI=1S/C25H21NO3/c1-2-3-4-15-29-22-13-14-23(25(27)28)24(16-22)21-11-9-20(10-12-21)19-7-5-18(17-26)6-8-19/h2,5-14,16H,1,3-4,15H2,(H,27,28). The number of unbranched alkanes of at least 4 members (excludes halogenated alkanes) is 1. The number of nitriles is 1. The highest BCUT2D eigenvalue weighted by atomic mass is 16.5. The van der Waals surface area contributed by atoms with Crippen molar-refractivity contribution < 1.29 is 14.6 Å². The lowest BCUT2D eigenvalue weighted by Gasteiger charge is -2.11. The van der Waals surface area contributed by atoms with E-state index in [0.29, 0.717) is 23.5 Å². The molecule has 0 fully saturated rings. The largest absolute Gasteiger partial charge is 0.494 e. The first-order chi connectivity index (χ1) is 14.1. The minimum atomic E-state index is -0.977. The number of hydrogen-bond acceptors (Lipinski definition) is 3. The van der Waals surface area contributed by atoms with Crippen molar-refractivity contribution in [1.29, 1.82) is 5.26 Å². The van der Waals surface area contributed by atoms with E-state index in [1.54, 1.807) is 30.3 Å². The summed E-state index contributed by atoms with van der Waals surface area (Å²) in [5, 5.41) is 18.5. The average molecular weight is 383 g/mol. The second kappa shape index (κ2) is 9.38. The van der Waals surface area contributed by atoms with Gasteiger partial charge in [-0.25, -0.2) is 4.79 Å². The highest BCUT2D eigenvalue weighted by Crippen LogP contribution is 2.30. The van der Waals surface area contributed by atoms with E-state index in [1.165, 1.54) is 0 Å². The molecule has 0 saturated carbocycles. The molecule has 0 heterocycles. The number of carboxylic acid groups (broad SMARTS) is 1. The van der Waals surface area contributed by atoms with Gasteiger partial charge in [0.1, 0.15) is 5.75 Å². The summed E-state index contributed by atoms with van der Waals surface area (Å²) in [5.41, 5.74) is 4.25. The third-order valence-electron chi connectivity index (χ3n) is 4.59. The molecule has 4 heteroatoms. The van der Waals surface area contributed by atoms with Gasteiger partial charge in [-0.1, -0.05) is 42.5 Å². The Morgan fingerprint density at radius 3 is 2.21 bits per heavy atom. The van der Waals surface area contributed by atoms with Crippen molar-refractivity contribution in [2.75, 3.05) is 6.61 Å². The number of aromatic carboxylic acids is 1. The average Bonchev–Trinajstić information content (AvgIpc) is 2.77. The van der Waals surface area contributed by atoms with Gasteiger partial charge >= 0.3 is 5.97 Å². The van der Waals surface area contributed by atoms with Crippen LogP contribution in [-0.4, -0.2) is 17.7 Å². The number of rotatable bonds is 8. The van der Waals surface area contributed by atoms with Crippen LogP contribution in [0.3, 0.4) is 0 Å². The molecular formula is C25H21NO3. The summed E-state index contributed by atoms with van der Waals surface area (Å²) in [6.45, 7) is 4.24. The third-order valence-corrected chi connectivity index (χ3v) is 4.59. The summed E-state index contributed by atoms with van der Waals surface area (Å²) in [7, 11) is 0. The maximum Gasteiger partial charge on any atom is 0.336 e. The highest BCUT2D eigenvalue weighted by molar-refractivity contribution is 5.96. The van der Waals surface area contributed by atoms with Crippen molar-refractivity contribution in [3.63, 3.8) is 0 Å². The first-order valence-electron chi connectivity index (χ1n) is 9.34. The molecule has 0 bridgehead atoms. The Morgan fingerprint density at radius 2 is 1.62 bits per heavy atom. The fraction of sp³-hybridized carbons (Fsp3) is 0.120. The molecule has 1 N–H and O–H groups in total. The van der Waals surface area contributed by atoms with Crippen molar-refractivity contribution in [2.24, 2.45) is 0 Å². The Balaban J connectivity index is 1.88. The molecular weight excluding hydrogens is 362 g/mol. The van der Waals surface area contributed by atoms with Crippen molar-refractivity contribution in [3.05, 3.63) is 90.5 Å². The van der Waals surface area contributed by atoms with Gasteiger partial charge in [0.25, 0.3) is 0 Å². The summed E-state index contributed by atoms with van der Waals surface area (Å²) in [5.74, 6) is -0.334. The Bertz CT molecular complexity index is 1040. The SMILES string of the molecule is C=CCCCOc1ccc(C(=O)O)c(-c2ccc(-c3ccc(C#N)cc3)cc2)c1. The lowest BCUT2D eigenvalue weighted by molar-refractivity contribution is 0.0697. The molecule has 3 rings (SSSR count). The quantitative estimate of drug-likeness (QED) is 0.386. The van der Waals surface area contributed by atoms with Gasteiger partial charge in [-0.15, -0.1) is 6.58 Å². The van der Waals surface area contributed by atoms with E-state index in [0.717, 1.165) is 29.5 Å². The molecule has 29 heavy (non-hydrogen) atoms. The van der Waals surface area contributed by atoms with Crippen LogP contribution < -0.4 is 4.74 Å². The van der Waals surface area contributed by atoms with Crippen molar-refractivity contribution in [3.8, 4) is 34.1 Å². The van der Waals surface area contributed by atoms with Crippen molar-refractivity contribution in [2.45, 2.75) is 12.8 Å². The van der Waals surface area contributed by atoms with Gasteiger partial charge in [0.2, 0.25) is 0 Å². The predicted octanol–water partition coefficient (Wildman–Crippen LogP) is 5.94. The summed E-state index contributed by atoms with van der Waals surface area (Å²) in [6, 6.07) is 22.2. The summed E-state index contributed by atoms with van der Waals surface area (Å²) in [6.07, 6.45) is 3.58. The van der Waals surface area contributed by atoms with Crippen LogP contribution in [0, 0.1) is 11.3 Å². The molecule has 0 aromatic heterocycles. The van der Waals surface area contributed by atoms with Crippen LogP contribution in [0.15, 0.2) is 79.4 Å². The zero-order valence-corrected chi connectivity index (χ0v) is 16.0. The minimum Gasteiger partial charge on any atom is -0.494 e. The second-order valence-electron chi connectivity index (χ2n) is 6.56. The van der Waals surface area contributed by atoms with Crippen LogP contribution in [0.4, 0.5) is 0 Å². The van der Waals surface area contributed by atoms with E-state index in [-0.39, 0.29) is 5.56 Å². The molecule has 0 amide bonds. The van der Waals surface area contributed by atoms with Crippen LogP contribution >= 0.6 is 0 Å². The molecule has 0 aliphatic carbocycles. The Morgan fingerprint density at radius 1 is 1.00 bits per heavy atom. The summed E-state index contributed by atoms with van der Waals surface area (Å²) < 4.78 is 5.75. The number of carboxylic acids is 1. The van der Waals surface area contributed by atoms with Gasteiger partial charge in [-0.05, 0) is 65.4 Å². The molecule has 0 saturated heterocycles. The van der Waals surface area contributed by atoms with Crippen molar-refractivity contribution in [1.82, 2.24) is 0 Å². The molecule has 0 radical (unpaired) electrons. The van der Waals surface area contributed by atoms with Crippen LogP contribution in [-0.2, 0) is 0 Å². The van der Waals surface area contributed by atoms with E-state index in [9.17, 15) is 9.90 Å². The molecule has 144 valence electrons. The molecule has 0 spiro atoms. The Labute approximate surface area is 170 Å². The molecule has 0 aliphatic heterocycles. The fourth-order valence-corrected chi connectivity index (χ4v) is 3.04. The monoisotopic (exact) mass is 383 g/mol. The minimum absolute atomic E-state index is 0.231. The van der Waals surface area contributed by atoms with Crippen LogP contribution in [0.2, 0.25) is 0 Å². The summed E-state index contributed by atoms with van der Waals surface area (Å²) >= 11 is 0. The molecule has 0 atom stereocenters. The van der Waals surface area contributed by atoms with Crippen LogP contribution in [0.5, 0.6) is 5.75 Å². The molecule has 4 nitrogen and oxygen atoms in total. The van der Waals surface area contributed by atoms with Gasteiger partial charge in [0.05, 0.1) is 23.8 Å². The van der Waals surface area contributed by atoms with E-state index < -0.39 is 5.97 Å². The Hall–Kier alpha value is -3.84. The number of allylic oxidation sites excluding steroid dienone is 1. The lowest BCUT2D eigenvalue weighted by atomic mass is 9.96. The van der Waals surface area contributed by atoms with Crippen LogP contribution in [0.1, 0.15) is 28.8 Å². The highest BCUT2D eigenvalue weighted by Gasteiger charge is 2.13. The van der Waals surface area contributed by atoms with E-state index in [1.807, 2.05) is 42.5 Å². The van der Waals surface area contributed by atoms with E-state index >= 15 is 0 Å². The number of hydrogen-bond donors (Lipinski definition) is 1. The predicted molar refractivity (Wildman–Crippen MR) is 114 cm³/mol. The Kier molecular flexibility index (Phi) is 6.44. The lowest BCUT2D eigenvalue weighted by Crippen LogP contribution is -2.02. The molecule has 0 aliphatic rings. The second-order valence-corrected chi connectivity index (χ2v) is 6.56. The molecule has 3 aromatic rings. The number of ether oxygens (including phenoxy) is 1. The van der Waals surface area contributed by atoms with Gasteiger partial charge in [-0.3, -0.25) is 0 Å². The fourth-order valence-electron chi connectivity index (χ4n) is 3.04. The van der Waals surface area contributed by atoms with E-state index in [2.05, 4.69) is 12.6 Å². The zero-order chi connectivity index (χ0) is 20.6. The normalized spacial score (nSPS) is 10.2. The molecule has 0 unspecified atom stereocenters. The third kappa shape index (κ3) is 4.91. The maximum absolute atomic E-state index is 11.7. The van der Waals surface area contributed by atoms with Gasteiger partial charge < -0.3 is 9.84 Å². The smallest absolute Gasteiger partial charge is 0.336 e. The zero-order valence-electron chi connectivity index (χ0n) is 16.0. The number of nitrogens with zero attached hydrogens (tertiary/aromatic N) is 1. The first-order valence-corrected chi connectivity index (χ1v) is 9.34. The maximum atomic E-state index is 11.7. The number of benzene rings is 3. The van der Waals surface area contributed by atoms with Gasteiger partial charge in [0.15, 0.2) is 0 Å². The first kappa shape index (κ1) is 19.9. The van der Waals surface area contributed by atoms with Crippen LogP contribution in [0.25, 0.3) is 22.3 Å². The number of carbonyl (C=O) groups is 1. The van der Waals surface area contributed by atoms with Gasteiger partial charge in [-0.2, -0.15) is 5.26 Å². The van der Waals surface area contributed by atoms with E-state index in [4.69, 9.17) is 10.00 Å². The molecule has 3 aromatic carbocycles. The summed E-state index contributed by atoms with van der Waals surface area (Å²) in [4.78, 5) is 11.7. The van der Waals surface area contributed by atoms with Crippen molar-refractivity contribution >= 4 is 5.97 Å². The topological polar surface area (TPSA) is 70.3 Å².